The summed E-state index contributed by atoms with van der Waals surface area (Å²) in [7, 11) is 9.00. The Bertz CT molecular complexity index is 853. The van der Waals surface area contributed by atoms with Gasteiger partial charge in [0.15, 0.2) is 5.96 Å². The van der Waals surface area contributed by atoms with Crippen molar-refractivity contribution < 1.29 is 9.18 Å². The molecule has 164 valence electrons. The highest BCUT2D eigenvalue weighted by molar-refractivity contribution is 14.0. The van der Waals surface area contributed by atoms with Gasteiger partial charge in [0.2, 0.25) is 0 Å². The summed E-state index contributed by atoms with van der Waals surface area (Å²) in [4.78, 5) is 19.7. The molecule has 0 saturated heterocycles. The summed E-state index contributed by atoms with van der Waals surface area (Å²) in [5.74, 6) is 0.438. The van der Waals surface area contributed by atoms with Crippen LogP contribution in [-0.2, 0) is 19.6 Å². The number of carbonyl (C=O) groups excluding carboxylic acids is 1. The maximum atomic E-state index is 13.9. The van der Waals surface area contributed by atoms with Gasteiger partial charge >= 0.3 is 0 Å². The Balaban J connectivity index is 0.00000450. The molecule has 0 aromatic heterocycles. The zero-order chi connectivity index (χ0) is 21.4. The van der Waals surface area contributed by atoms with E-state index in [2.05, 4.69) is 15.6 Å². The standard InChI is InChI=1S/C22H30FN5O.HI/c1-24-22(25-13-16-6-9-18(10-7-16)21(29)28(4)5)26-14-17-8-11-20(23)19(12-17)15-27(2)3;/h6-12H,13-15H2,1-5H3,(H2,24,25,26);1H. The lowest BCUT2D eigenvalue weighted by molar-refractivity contribution is 0.0827. The van der Waals surface area contributed by atoms with Crippen LogP contribution in [0.15, 0.2) is 47.5 Å². The number of hydrogen-bond acceptors (Lipinski definition) is 3. The molecule has 0 bridgehead atoms. The largest absolute Gasteiger partial charge is 0.352 e. The van der Waals surface area contributed by atoms with Crippen LogP contribution in [0.2, 0.25) is 0 Å². The average molecular weight is 527 g/mol. The molecule has 0 aliphatic carbocycles. The van der Waals surface area contributed by atoms with Crippen molar-refractivity contribution in [2.45, 2.75) is 19.6 Å². The van der Waals surface area contributed by atoms with E-state index in [1.54, 1.807) is 32.1 Å². The highest BCUT2D eigenvalue weighted by atomic mass is 127. The monoisotopic (exact) mass is 527 g/mol. The Morgan fingerprint density at radius 1 is 0.967 bits per heavy atom. The summed E-state index contributed by atoms with van der Waals surface area (Å²) >= 11 is 0. The number of rotatable bonds is 7. The summed E-state index contributed by atoms with van der Waals surface area (Å²) < 4.78 is 13.9. The van der Waals surface area contributed by atoms with E-state index in [4.69, 9.17) is 0 Å². The SMILES string of the molecule is CN=C(NCc1ccc(C(=O)N(C)C)cc1)NCc1ccc(F)c(CN(C)C)c1.I. The maximum absolute atomic E-state index is 13.9. The molecule has 2 N–H and O–H groups in total. The molecule has 0 fully saturated rings. The summed E-state index contributed by atoms with van der Waals surface area (Å²) in [5.41, 5.74) is 3.35. The molecule has 0 aliphatic rings. The predicted molar refractivity (Wildman–Crippen MR) is 131 cm³/mol. The molecular weight excluding hydrogens is 496 g/mol. The summed E-state index contributed by atoms with van der Waals surface area (Å²) in [6, 6.07) is 12.6. The van der Waals surface area contributed by atoms with Gasteiger partial charge in [0.25, 0.3) is 5.91 Å². The van der Waals surface area contributed by atoms with Crippen LogP contribution in [0.5, 0.6) is 0 Å². The molecule has 0 radical (unpaired) electrons. The minimum atomic E-state index is -0.193. The first-order chi connectivity index (χ1) is 13.8. The molecule has 6 nitrogen and oxygen atoms in total. The van der Waals surface area contributed by atoms with Crippen molar-refractivity contribution in [3.8, 4) is 0 Å². The lowest BCUT2D eigenvalue weighted by atomic mass is 10.1. The van der Waals surface area contributed by atoms with Crippen LogP contribution in [0.4, 0.5) is 4.39 Å². The third-order valence-electron chi connectivity index (χ3n) is 4.35. The van der Waals surface area contributed by atoms with Crippen LogP contribution < -0.4 is 10.6 Å². The van der Waals surface area contributed by atoms with Crippen molar-refractivity contribution in [1.29, 1.82) is 0 Å². The molecule has 0 unspecified atom stereocenters. The quantitative estimate of drug-likeness (QED) is 0.330. The van der Waals surface area contributed by atoms with Crippen LogP contribution in [0.25, 0.3) is 0 Å². The zero-order valence-corrected chi connectivity index (χ0v) is 20.5. The van der Waals surface area contributed by atoms with E-state index >= 15 is 0 Å². The number of guanidine groups is 1. The first-order valence-electron chi connectivity index (χ1n) is 9.47. The van der Waals surface area contributed by atoms with Gasteiger partial charge in [-0.3, -0.25) is 9.79 Å². The van der Waals surface area contributed by atoms with E-state index in [0.717, 1.165) is 11.1 Å². The van der Waals surface area contributed by atoms with E-state index < -0.39 is 0 Å². The Kier molecular flexibility index (Phi) is 10.8. The topological polar surface area (TPSA) is 60.0 Å². The van der Waals surface area contributed by atoms with E-state index in [0.29, 0.717) is 36.7 Å². The first kappa shape index (κ1) is 25.8. The van der Waals surface area contributed by atoms with Crippen molar-refractivity contribution >= 4 is 35.8 Å². The van der Waals surface area contributed by atoms with Gasteiger partial charge in [-0.2, -0.15) is 0 Å². The number of halogens is 2. The molecule has 0 spiro atoms. The van der Waals surface area contributed by atoms with Crippen molar-refractivity contribution in [1.82, 2.24) is 20.4 Å². The highest BCUT2D eigenvalue weighted by Gasteiger charge is 2.08. The van der Waals surface area contributed by atoms with Gasteiger partial charge in [0, 0.05) is 51.9 Å². The van der Waals surface area contributed by atoms with Gasteiger partial charge in [0.1, 0.15) is 5.82 Å². The van der Waals surface area contributed by atoms with E-state index in [-0.39, 0.29) is 35.7 Å². The number of carbonyl (C=O) groups is 1. The van der Waals surface area contributed by atoms with Gasteiger partial charge in [-0.25, -0.2) is 4.39 Å². The molecule has 0 aliphatic heterocycles. The van der Waals surface area contributed by atoms with Crippen molar-refractivity contribution in [3.63, 3.8) is 0 Å². The van der Waals surface area contributed by atoms with Crippen molar-refractivity contribution in [2.24, 2.45) is 4.99 Å². The van der Waals surface area contributed by atoms with Crippen LogP contribution >= 0.6 is 24.0 Å². The van der Waals surface area contributed by atoms with E-state index in [1.807, 2.05) is 49.3 Å². The summed E-state index contributed by atoms with van der Waals surface area (Å²) in [6.45, 7) is 1.67. The van der Waals surface area contributed by atoms with Crippen molar-refractivity contribution in [3.05, 3.63) is 70.5 Å². The second-order valence-corrected chi connectivity index (χ2v) is 7.34. The minimum absolute atomic E-state index is 0. The maximum Gasteiger partial charge on any atom is 0.253 e. The molecule has 8 heteroatoms. The van der Waals surface area contributed by atoms with Crippen LogP contribution in [-0.4, -0.2) is 56.9 Å². The van der Waals surface area contributed by atoms with Crippen LogP contribution in [0, 0.1) is 5.82 Å². The van der Waals surface area contributed by atoms with E-state index in [1.165, 1.54) is 6.07 Å². The Hall–Kier alpha value is -2.20. The lowest BCUT2D eigenvalue weighted by Crippen LogP contribution is -2.36. The molecule has 2 aromatic carbocycles. The molecule has 0 heterocycles. The first-order valence-corrected chi connectivity index (χ1v) is 9.47. The molecule has 2 aromatic rings. The third-order valence-corrected chi connectivity index (χ3v) is 4.35. The van der Waals surface area contributed by atoms with Gasteiger partial charge < -0.3 is 20.4 Å². The second-order valence-electron chi connectivity index (χ2n) is 7.34. The Labute approximate surface area is 195 Å². The average Bonchev–Trinajstić information content (AvgIpc) is 2.69. The lowest BCUT2D eigenvalue weighted by Gasteiger charge is -2.15. The minimum Gasteiger partial charge on any atom is -0.352 e. The fourth-order valence-electron chi connectivity index (χ4n) is 2.82. The Morgan fingerprint density at radius 3 is 2.07 bits per heavy atom. The zero-order valence-electron chi connectivity index (χ0n) is 18.2. The number of nitrogens with one attached hydrogen (secondary N) is 2. The van der Waals surface area contributed by atoms with E-state index in [9.17, 15) is 9.18 Å². The Morgan fingerprint density at radius 2 is 1.53 bits per heavy atom. The molecule has 0 atom stereocenters. The molecule has 2 rings (SSSR count). The second kappa shape index (κ2) is 12.5. The molecule has 0 saturated carbocycles. The number of nitrogens with zero attached hydrogens (tertiary/aromatic N) is 3. The number of amides is 1. The highest BCUT2D eigenvalue weighted by Crippen LogP contribution is 2.12. The fraction of sp³-hybridized carbons (Fsp3) is 0.364. The smallest absolute Gasteiger partial charge is 0.253 e. The molecule has 1 amide bonds. The molecule has 30 heavy (non-hydrogen) atoms. The van der Waals surface area contributed by atoms with Crippen LogP contribution in [0.3, 0.4) is 0 Å². The third kappa shape index (κ3) is 7.91. The predicted octanol–water partition coefficient (Wildman–Crippen LogP) is 3.07. The summed E-state index contributed by atoms with van der Waals surface area (Å²) in [5, 5.41) is 6.49. The fourth-order valence-corrected chi connectivity index (χ4v) is 2.82. The number of aliphatic imine (C=N–C) groups is 1. The van der Waals surface area contributed by atoms with Gasteiger partial charge in [-0.05, 0) is 49.5 Å². The van der Waals surface area contributed by atoms with Gasteiger partial charge in [-0.1, -0.05) is 18.2 Å². The van der Waals surface area contributed by atoms with Gasteiger partial charge in [0.05, 0.1) is 0 Å². The van der Waals surface area contributed by atoms with Crippen molar-refractivity contribution in [2.75, 3.05) is 35.2 Å². The normalized spacial score (nSPS) is 11.1. The molecular formula is C22H31FIN5O. The number of benzene rings is 2. The van der Waals surface area contributed by atoms with Gasteiger partial charge in [-0.15, -0.1) is 24.0 Å². The summed E-state index contributed by atoms with van der Waals surface area (Å²) in [6.07, 6.45) is 0. The number of hydrogen-bond donors (Lipinski definition) is 2. The van der Waals surface area contributed by atoms with Crippen LogP contribution in [0.1, 0.15) is 27.0 Å².